The van der Waals surface area contributed by atoms with E-state index >= 15 is 0 Å². The number of hydrogen-bond acceptors (Lipinski definition) is 5. The molecule has 26 heavy (non-hydrogen) atoms. The number of hydrogen-bond donors (Lipinski definition) is 1. The van der Waals surface area contributed by atoms with Crippen LogP contribution in [0.4, 0.5) is 0 Å². The first-order valence-electron chi connectivity index (χ1n) is 8.84. The van der Waals surface area contributed by atoms with E-state index in [-0.39, 0.29) is 24.1 Å². The van der Waals surface area contributed by atoms with Crippen molar-refractivity contribution in [2.45, 2.75) is 45.2 Å². The van der Waals surface area contributed by atoms with Gasteiger partial charge in [-0.2, -0.15) is 5.10 Å². The lowest BCUT2D eigenvalue weighted by atomic mass is 10.1. The summed E-state index contributed by atoms with van der Waals surface area (Å²) >= 11 is 1.45. The molecule has 134 valence electrons. The zero-order valence-electron chi connectivity index (χ0n) is 14.6. The second kappa shape index (κ2) is 6.99. The van der Waals surface area contributed by atoms with Crippen molar-refractivity contribution in [3.8, 4) is 0 Å². The predicted octanol–water partition coefficient (Wildman–Crippen LogP) is 3.21. The van der Waals surface area contributed by atoms with Gasteiger partial charge in [-0.25, -0.2) is 9.67 Å². The van der Waals surface area contributed by atoms with Gasteiger partial charge in [0.05, 0.1) is 28.7 Å². The second-order valence-corrected chi connectivity index (χ2v) is 7.68. The Kier molecular flexibility index (Phi) is 4.55. The van der Waals surface area contributed by atoms with E-state index in [9.17, 15) is 9.59 Å². The summed E-state index contributed by atoms with van der Waals surface area (Å²) in [6.45, 7) is 2.14. The minimum absolute atomic E-state index is 0.0438. The SMILES string of the molecule is Cc1nc(C(=O)NCc2nn(C3CCCC3)c(=O)c3ccccc23)cs1. The smallest absolute Gasteiger partial charge is 0.274 e. The van der Waals surface area contributed by atoms with E-state index in [0.717, 1.165) is 36.1 Å². The predicted molar refractivity (Wildman–Crippen MR) is 102 cm³/mol. The number of aromatic nitrogens is 3. The molecule has 1 aliphatic rings. The molecule has 1 fully saturated rings. The molecule has 7 heteroatoms. The molecular weight excluding hydrogens is 348 g/mol. The summed E-state index contributed by atoms with van der Waals surface area (Å²) in [6, 6.07) is 7.63. The van der Waals surface area contributed by atoms with E-state index in [1.165, 1.54) is 11.3 Å². The van der Waals surface area contributed by atoms with Gasteiger partial charge in [0.25, 0.3) is 11.5 Å². The van der Waals surface area contributed by atoms with Crippen LogP contribution < -0.4 is 10.9 Å². The van der Waals surface area contributed by atoms with Gasteiger partial charge in [0.15, 0.2) is 0 Å². The summed E-state index contributed by atoms with van der Waals surface area (Å²) in [5, 5.41) is 11.6. The average molecular weight is 368 g/mol. The lowest BCUT2D eigenvalue weighted by molar-refractivity contribution is 0.0946. The molecule has 1 N–H and O–H groups in total. The molecular formula is C19H20N4O2S. The van der Waals surface area contributed by atoms with Crippen LogP contribution >= 0.6 is 11.3 Å². The first-order valence-corrected chi connectivity index (χ1v) is 9.72. The molecule has 3 aromatic rings. The molecule has 2 heterocycles. The zero-order chi connectivity index (χ0) is 18.1. The van der Waals surface area contributed by atoms with Gasteiger partial charge in [0.2, 0.25) is 0 Å². The molecule has 4 rings (SSSR count). The number of nitrogens with zero attached hydrogens (tertiary/aromatic N) is 3. The van der Waals surface area contributed by atoms with Crippen LogP contribution in [0, 0.1) is 6.92 Å². The Morgan fingerprint density at radius 1 is 1.27 bits per heavy atom. The van der Waals surface area contributed by atoms with Gasteiger partial charge in [-0.3, -0.25) is 9.59 Å². The van der Waals surface area contributed by atoms with Gasteiger partial charge in [-0.05, 0) is 25.8 Å². The highest BCUT2D eigenvalue weighted by Crippen LogP contribution is 2.28. The summed E-state index contributed by atoms with van der Waals surface area (Å²) in [7, 11) is 0. The first kappa shape index (κ1) is 16.9. The van der Waals surface area contributed by atoms with Gasteiger partial charge >= 0.3 is 0 Å². The van der Waals surface area contributed by atoms with Crippen LogP contribution in [0.5, 0.6) is 0 Å². The topological polar surface area (TPSA) is 76.9 Å². The molecule has 0 aliphatic heterocycles. The van der Waals surface area contributed by atoms with Crippen LogP contribution in [0.2, 0.25) is 0 Å². The van der Waals surface area contributed by atoms with Crippen molar-refractivity contribution in [1.29, 1.82) is 0 Å². The number of nitrogens with one attached hydrogen (secondary N) is 1. The van der Waals surface area contributed by atoms with Crippen LogP contribution in [0.1, 0.15) is 52.9 Å². The standard InChI is InChI=1S/C19H20N4O2S/c1-12-21-17(11-26-12)18(24)20-10-16-14-8-4-5-9-15(14)19(25)23(22-16)13-6-2-3-7-13/h4-5,8-9,11,13H,2-3,6-7,10H2,1H3,(H,20,24). The molecule has 1 saturated carbocycles. The maximum absolute atomic E-state index is 12.8. The lowest BCUT2D eigenvalue weighted by Gasteiger charge is -2.16. The molecule has 2 aromatic heterocycles. The Morgan fingerprint density at radius 2 is 2.00 bits per heavy atom. The van der Waals surface area contributed by atoms with E-state index in [1.54, 1.807) is 10.1 Å². The van der Waals surface area contributed by atoms with Crippen molar-refractivity contribution in [1.82, 2.24) is 20.1 Å². The van der Waals surface area contributed by atoms with Crippen LogP contribution in [0.25, 0.3) is 10.8 Å². The zero-order valence-corrected chi connectivity index (χ0v) is 15.4. The number of amides is 1. The molecule has 0 atom stereocenters. The minimum atomic E-state index is -0.223. The summed E-state index contributed by atoms with van der Waals surface area (Å²) in [5.74, 6) is -0.223. The number of thiazole rings is 1. The highest BCUT2D eigenvalue weighted by atomic mass is 32.1. The number of fused-ring (bicyclic) bond motifs is 1. The third-order valence-electron chi connectivity index (χ3n) is 4.84. The van der Waals surface area contributed by atoms with Crippen molar-refractivity contribution in [3.05, 3.63) is 56.4 Å². The Labute approximate surface area is 154 Å². The van der Waals surface area contributed by atoms with Gasteiger partial charge in [0, 0.05) is 10.8 Å². The van der Waals surface area contributed by atoms with E-state index in [2.05, 4.69) is 15.4 Å². The normalized spacial score (nSPS) is 14.8. The van der Waals surface area contributed by atoms with Crippen LogP contribution in [-0.2, 0) is 6.54 Å². The number of aryl methyl sites for hydroxylation is 1. The monoisotopic (exact) mass is 368 g/mol. The lowest BCUT2D eigenvalue weighted by Crippen LogP contribution is -2.30. The van der Waals surface area contributed by atoms with Crippen LogP contribution in [0.3, 0.4) is 0 Å². The molecule has 0 saturated heterocycles. The van der Waals surface area contributed by atoms with Crippen LogP contribution in [-0.4, -0.2) is 20.7 Å². The number of carbonyl (C=O) groups is 1. The fraction of sp³-hybridized carbons (Fsp3) is 0.368. The molecule has 0 unspecified atom stereocenters. The summed E-state index contributed by atoms with van der Waals surface area (Å²) in [6.07, 6.45) is 4.21. The summed E-state index contributed by atoms with van der Waals surface area (Å²) in [4.78, 5) is 29.4. The van der Waals surface area contributed by atoms with E-state index in [4.69, 9.17) is 0 Å². The van der Waals surface area contributed by atoms with E-state index < -0.39 is 0 Å². The van der Waals surface area contributed by atoms with Gasteiger partial charge in [-0.1, -0.05) is 31.0 Å². The van der Waals surface area contributed by atoms with Gasteiger partial charge in [-0.15, -0.1) is 11.3 Å². The van der Waals surface area contributed by atoms with Crippen molar-refractivity contribution in [2.24, 2.45) is 0 Å². The molecule has 1 amide bonds. The minimum Gasteiger partial charge on any atom is -0.345 e. The van der Waals surface area contributed by atoms with Gasteiger partial charge in [0.1, 0.15) is 5.69 Å². The van der Waals surface area contributed by atoms with E-state index in [0.29, 0.717) is 16.8 Å². The highest BCUT2D eigenvalue weighted by Gasteiger charge is 2.21. The van der Waals surface area contributed by atoms with E-state index in [1.807, 2.05) is 31.2 Å². The maximum atomic E-state index is 12.8. The fourth-order valence-electron chi connectivity index (χ4n) is 3.52. The summed E-state index contributed by atoms with van der Waals surface area (Å²) in [5.41, 5.74) is 1.09. The Morgan fingerprint density at radius 3 is 2.69 bits per heavy atom. The molecule has 0 radical (unpaired) electrons. The highest BCUT2D eigenvalue weighted by molar-refractivity contribution is 7.09. The summed E-state index contributed by atoms with van der Waals surface area (Å²) < 4.78 is 1.63. The third kappa shape index (κ3) is 3.14. The average Bonchev–Trinajstić information content (AvgIpc) is 3.33. The maximum Gasteiger partial charge on any atom is 0.274 e. The number of benzene rings is 1. The molecule has 0 bridgehead atoms. The quantitative estimate of drug-likeness (QED) is 0.767. The fourth-order valence-corrected chi connectivity index (χ4v) is 4.12. The van der Waals surface area contributed by atoms with Crippen molar-refractivity contribution < 1.29 is 4.79 Å². The molecule has 1 aromatic carbocycles. The number of rotatable bonds is 4. The largest absolute Gasteiger partial charge is 0.345 e. The third-order valence-corrected chi connectivity index (χ3v) is 5.62. The Balaban J connectivity index is 1.68. The molecule has 6 nitrogen and oxygen atoms in total. The van der Waals surface area contributed by atoms with Gasteiger partial charge < -0.3 is 5.32 Å². The second-order valence-electron chi connectivity index (χ2n) is 6.61. The Bertz CT molecular complexity index is 1020. The first-order chi connectivity index (χ1) is 12.6. The van der Waals surface area contributed by atoms with Crippen LogP contribution in [0.15, 0.2) is 34.4 Å². The van der Waals surface area contributed by atoms with Crippen molar-refractivity contribution >= 4 is 28.0 Å². The molecule has 0 spiro atoms. The number of carbonyl (C=O) groups excluding carboxylic acids is 1. The van der Waals surface area contributed by atoms with Crippen molar-refractivity contribution in [2.75, 3.05) is 0 Å². The Hall–Kier alpha value is -2.54. The van der Waals surface area contributed by atoms with Crippen molar-refractivity contribution in [3.63, 3.8) is 0 Å². The molecule has 1 aliphatic carbocycles.